The molecule has 2 N–H and O–H groups in total. The number of fused-ring (bicyclic) bond motifs is 1. The van der Waals surface area contributed by atoms with E-state index in [-0.39, 0.29) is 12.3 Å². The minimum atomic E-state index is -1.15. The van der Waals surface area contributed by atoms with Crippen molar-refractivity contribution < 1.29 is 29.3 Å². The molecule has 0 amide bonds. The molecular formula is C19H19NO7S. The number of ether oxygens (including phenoxy) is 3. The fraction of sp³-hybridized carbons (Fsp3) is 0.368. The van der Waals surface area contributed by atoms with E-state index in [0.29, 0.717) is 5.56 Å². The zero-order chi connectivity index (χ0) is 19.7. The van der Waals surface area contributed by atoms with E-state index >= 15 is 0 Å². The summed E-state index contributed by atoms with van der Waals surface area (Å²) in [5.74, 6) is 0. The summed E-state index contributed by atoms with van der Waals surface area (Å²) < 4.78 is 17.4. The second-order valence-corrected chi connectivity index (χ2v) is 7.74. The van der Waals surface area contributed by atoms with Crippen LogP contribution in [0.2, 0.25) is 0 Å². The van der Waals surface area contributed by atoms with E-state index in [0.717, 1.165) is 4.90 Å². The molecule has 0 aliphatic carbocycles. The minimum Gasteiger partial charge on any atom is -0.387 e. The van der Waals surface area contributed by atoms with E-state index in [9.17, 15) is 20.3 Å². The van der Waals surface area contributed by atoms with E-state index in [2.05, 4.69) is 0 Å². The standard InChI is InChI=1S/C19H19NO7S/c21-15-16(22)19(28-13-4-2-1-3-5-13)26-14-10-25-18(27-17(14)15)11-6-8-12(9-7-11)20(23)24/h1-9,14-19,21-22H,10H2/t14-,15-,16-,17-,18?,19+/m1/s1. The van der Waals surface area contributed by atoms with Gasteiger partial charge in [-0.15, -0.1) is 0 Å². The Labute approximate surface area is 165 Å². The Morgan fingerprint density at radius 3 is 2.39 bits per heavy atom. The van der Waals surface area contributed by atoms with Gasteiger partial charge in [-0.05, 0) is 24.3 Å². The highest BCUT2D eigenvalue weighted by atomic mass is 32.2. The average Bonchev–Trinajstić information content (AvgIpc) is 2.72. The molecule has 2 aliphatic heterocycles. The molecule has 4 rings (SSSR count). The molecule has 2 saturated heterocycles. The van der Waals surface area contributed by atoms with Crippen molar-refractivity contribution in [1.82, 2.24) is 0 Å². The second-order valence-electron chi connectivity index (χ2n) is 6.57. The highest BCUT2D eigenvalue weighted by molar-refractivity contribution is 7.99. The van der Waals surface area contributed by atoms with Gasteiger partial charge in [-0.1, -0.05) is 30.0 Å². The molecule has 2 heterocycles. The molecule has 0 saturated carbocycles. The van der Waals surface area contributed by atoms with Gasteiger partial charge in [0.25, 0.3) is 5.69 Å². The van der Waals surface area contributed by atoms with Crippen LogP contribution in [0.1, 0.15) is 11.9 Å². The van der Waals surface area contributed by atoms with Gasteiger partial charge < -0.3 is 24.4 Å². The lowest BCUT2D eigenvalue weighted by Gasteiger charge is -2.46. The van der Waals surface area contributed by atoms with Gasteiger partial charge in [0, 0.05) is 22.6 Å². The minimum absolute atomic E-state index is 0.0327. The fourth-order valence-corrected chi connectivity index (χ4v) is 4.31. The molecule has 2 aromatic rings. The van der Waals surface area contributed by atoms with Crippen LogP contribution in [0, 0.1) is 10.1 Å². The maximum Gasteiger partial charge on any atom is 0.269 e. The fourth-order valence-electron chi connectivity index (χ4n) is 3.23. The Hall–Kier alpha value is -2.01. The first kappa shape index (κ1) is 19.3. The van der Waals surface area contributed by atoms with Crippen molar-refractivity contribution in [2.24, 2.45) is 0 Å². The number of thioether (sulfide) groups is 1. The van der Waals surface area contributed by atoms with Crippen molar-refractivity contribution in [3.63, 3.8) is 0 Å². The van der Waals surface area contributed by atoms with Crippen LogP contribution >= 0.6 is 11.8 Å². The third-order valence-electron chi connectivity index (χ3n) is 4.70. The predicted molar refractivity (Wildman–Crippen MR) is 99.6 cm³/mol. The number of rotatable bonds is 4. The number of benzene rings is 2. The van der Waals surface area contributed by atoms with Crippen LogP contribution in [0.5, 0.6) is 0 Å². The van der Waals surface area contributed by atoms with Crippen LogP contribution in [-0.4, -0.2) is 51.6 Å². The molecule has 2 aliphatic rings. The van der Waals surface area contributed by atoms with Crippen LogP contribution in [-0.2, 0) is 14.2 Å². The Morgan fingerprint density at radius 1 is 1.00 bits per heavy atom. The Morgan fingerprint density at radius 2 is 1.71 bits per heavy atom. The molecule has 0 bridgehead atoms. The zero-order valence-electron chi connectivity index (χ0n) is 14.7. The number of hydrogen-bond donors (Lipinski definition) is 2. The topological polar surface area (TPSA) is 111 Å². The number of nitro groups is 1. The first-order valence-corrected chi connectivity index (χ1v) is 9.65. The summed E-state index contributed by atoms with van der Waals surface area (Å²) in [5, 5.41) is 31.9. The zero-order valence-corrected chi connectivity index (χ0v) is 15.5. The lowest BCUT2D eigenvalue weighted by Crippen LogP contribution is -2.60. The van der Waals surface area contributed by atoms with Crippen LogP contribution in [0.3, 0.4) is 0 Å². The Balaban J connectivity index is 1.44. The highest BCUT2D eigenvalue weighted by Crippen LogP contribution is 2.38. The molecule has 8 nitrogen and oxygen atoms in total. The molecule has 0 spiro atoms. The van der Waals surface area contributed by atoms with Crippen molar-refractivity contribution in [1.29, 1.82) is 0 Å². The monoisotopic (exact) mass is 405 g/mol. The van der Waals surface area contributed by atoms with Gasteiger partial charge in [-0.25, -0.2) is 0 Å². The van der Waals surface area contributed by atoms with Crippen LogP contribution in [0.15, 0.2) is 59.5 Å². The van der Waals surface area contributed by atoms with Crippen molar-refractivity contribution in [2.45, 2.75) is 41.0 Å². The number of aliphatic hydroxyl groups is 2. The molecule has 148 valence electrons. The molecule has 9 heteroatoms. The molecule has 0 aromatic heterocycles. The molecule has 0 radical (unpaired) electrons. The average molecular weight is 405 g/mol. The van der Waals surface area contributed by atoms with Crippen molar-refractivity contribution >= 4 is 17.4 Å². The summed E-state index contributed by atoms with van der Waals surface area (Å²) in [6, 6.07) is 15.3. The van der Waals surface area contributed by atoms with Crippen LogP contribution < -0.4 is 0 Å². The summed E-state index contributed by atoms with van der Waals surface area (Å²) in [4.78, 5) is 11.2. The lowest BCUT2D eigenvalue weighted by atomic mass is 9.99. The summed E-state index contributed by atoms with van der Waals surface area (Å²) >= 11 is 1.33. The maximum absolute atomic E-state index is 10.8. The van der Waals surface area contributed by atoms with E-state index in [4.69, 9.17) is 14.2 Å². The van der Waals surface area contributed by atoms with Crippen molar-refractivity contribution in [3.8, 4) is 0 Å². The number of non-ortho nitro benzene ring substituents is 1. The molecule has 2 aromatic carbocycles. The summed E-state index contributed by atoms with van der Waals surface area (Å²) in [6.07, 6.45) is -4.39. The van der Waals surface area contributed by atoms with Crippen molar-refractivity contribution in [2.75, 3.05) is 6.61 Å². The summed E-state index contributed by atoms with van der Waals surface area (Å²) in [5.41, 5.74) is -0.0945. The quantitative estimate of drug-likeness (QED) is 0.589. The van der Waals surface area contributed by atoms with Gasteiger partial charge in [0.15, 0.2) is 6.29 Å². The van der Waals surface area contributed by atoms with Gasteiger partial charge in [0.05, 0.1) is 11.5 Å². The predicted octanol–water partition coefficient (Wildman–Crippen LogP) is 2.25. The highest BCUT2D eigenvalue weighted by Gasteiger charge is 2.49. The van der Waals surface area contributed by atoms with E-state index in [1.165, 1.54) is 23.9 Å². The van der Waals surface area contributed by atoms with Gasteiger partial charge >= 0.3 is 0 Å². The third kappa shape index (κ3) is 3.90. The van der Waals surface area contributed by atoms with E-state index < -0.39 is 41.1 Å². The first-order chi connectivity index (χ1) is 13.5. The Bertz CT molecular complexity index is 817. The smallest absolute Gasteiger partial charge is 0.269 e. The molecule has 2 fully saturated rings. The molecular weight excluding hydrogens is 386 g/mol. The van der Waals surface area contributed by atoms with Gasteiger partial charge in [0.2, 0.25) is 0 Å². The lowest BCUT2D eigenvalue weighted by molar-refractivity contribution is -0.384. The molecule has 1 unspecified atom stereocenters. The summed E-state index contributed by atoms with van der Waals surface area (Å²) in [7, 11) is 0. The number of aliphatic hydroxyl groups excluding tert-OH is 2. The largest absolute Gasteiger partial charge is 0.387 e. The number of hydrogen-bond acceptors (Lipinski definition) is 8. The normalized spacial score (nSPS) is 32.5. The van der Waals surface area contributed by atoms with Crippen molar-refractivity contribution in [3.05, 3.63) is 70.3 Å². The summed E-state index contributed by atoms with van der Waals surface area (Å²) in [6.45, 7) is 0.169. The van der Waals surface area contributed by atoms with E-state index in [1.807, 2.05) is 30.3 Å². The SMILES string of the molecule is O=[N+]([O-])c1ccc(C2OC[C@H]3O[C@@H](Sc4ccccc4)[C@H](O)[C@@H](O)[C@@H]3O2)cc1. The van der Waals surface area contributed by atoms with E-state index in [1.54, 1.807) is 12.1 Å². The number of nitrogens with zero attached hydrogens (tertiary/aromatic N) is 1. The molecule has 28 heavy (non-hydrogen) atoms. The van der Waals surface area contributed by atoms with Crippen LogP contribution in [0.25, 0.3) is 0 Å². The first-order valence-electron chi connectivity index (χ1n) is 8.77. The van der Waals surface area contributed by atoms with Crippen LogP contribution in [0.4, 0.5) is 5.69 Å². The van der Waals surface area contributed by atoms with Gasteiger partial charge in [0.1, 0.15) is 29.9 Å². The third-order valence-corrected chi connectivity index (χ3v) is 5.87. The van der Waals surface area contributed by atoms with Gasteiger partial charge in [-0.2, -0.15) is 0 Å². The number of nitro benzene ring substituents is 1. The molecule has 6 atom stereocenters. The second kappa shape index (κ2) is 8.16. The Kier molecular flexibility index (Phi) is 5.63. The van der Waals surface area contributed by atoms with Gasteiger partial charge in [-0.3, -0.25) is 10.1 Å². The maximum atomic E-state index is 10.8.